The molecule has 0 saturated carbocycles. The molecule has 2 atom stereocenters. The van der Waals surface area contributed by atoms with Gasteiger partial charge in [-0.2, -0.15) is 0 Å². The highest BCUT2D eigenvalue weighted by Crippen LogP contribution is 2.14. The second-order valence-corrected chi connectivity index (χ2v) is 5.14. The van der Waals surface area contributed by atoms with Crippen molar-refractivity contribution < 1.29 is 28.1 Å². The van der Waals surface area contributed by atoms with E-state index in [9.17, 15) is 13.8 Å². The number of esters is 1. The van der Waals surface area contributed by atoms with E-state index in [4.69, 9.17) is 9.52 Å². The van der Waals surface area contributed by atoms with Gasteiger partial charge in [-0.3, -0.25) is 9.00 Å². The van der Waals surface area contributed by atoms with Crippen LogP contribution in [0.3, 0.4) is 0 Å². The molecule has 0 aliphatic rings. The van der Waals surface area contributed by atoms with E-state index in [1.54, 1.807) is 6.92 Å². The Morgan fingerprint density at radius 2 is 2.17 bits per heavy atom. The first-order chi connectivity index (χ1) is 8.49. The van der Waals surface area contributed by atoms with Crippen molar-refractivity contribution in [1.82, 2.24) is 0 Å². The molecule has 0 aliphatic heterocycles. The van der Waals surface area contributed by atoms with Crippen LogP contribution in [-0.2, 0) is 26.1 Å². The van der Waals surface area contributed by atoms with Crippen molar-refractivity contribution in [1.29, 1.82) is 0 Å². The number of ether oxygens (including phenoxy) is 1. The molecule has 7 heteroatoms. The Balaban J connectivity index is 2.73. The fraction of sp³-hybridized carbons (Fsp3) is 0.455. The Hall–Kier alpha value is -1.63. The summed E-state index contributed by atoms with van der Waals surface area (Å²) in [5, 5.41) is 7.92. The van der Waals surface area contributed by atoms with Crippen LogP contribution in [0.2, 0.25) is 0 Å². The van der Waals surface area contributed by atoms with Crippen molar-refractivity contribution in [2.24, 2.45) is 0 Å². The maximum Gasteiger partial charge on any atom is 0.373 e. The molecule has 0 amide bonds. The Labute approximate surface area is 106 Å². The number of carbonyl (C=O) groups excluding carboxylic acids is 1. The zero-order valence-electron chi connectivity index (χ0n) is 10.0. The third-order valence-electron chi connectivity index (χ3n) is 2.30. The molecule has 0 saturated heterocycles. The van der Waals surface area contributed by atoms with Gasteiger partial charge < -0.3 is 14.3 Å². The van der Waals surface area contributed by atoms with Gasteiger partial charge in [-0.1, -0.05) is 6.92 Å². The van der Waals surface area contributed by atoms with Crippen molar-refractivity contribution >= 4 is 22.7 Å². The summed E-state index contributed by atoms with van der Waals surface area (Å²) in [5.41, 5.74) is 0. The lowest BCUT2D eigenvalue weighted by atomic mass is 10.3. The van der Waals surface area contributed by atoms with E-state index in [0.29, 0.717) is 5.76 Å². The molecule has 0 radical (unpaired) electrons. The Morgan fingerprint density at radius 3 is 2.67 bits per heavy atom. The molecule has 0 aliphatic carbocycles. The summed E-state index contributed by atoms with van der Waals surface area (Å²) in [7, 11) is -0.364. The predicted molar refractivity (Wildman–Crippen MR) is 63.6 cm³/mol. The quantitative estimate of drug-likeness (QED) is 0.783. The van der Waals surface area contributed by atoms with Crippen LogP contribution in [0.5, 0.6) is 0 Å². The van der Waals surface area contributed by atoms with Crippen molar-refractivity contribution in [3.05, 3.63) is 23.7 Å². The normalized spacial score (nSPS) is 13.9. The molecule has 2 unspecified atom stereocenters. The molecule has 0 spiro atoms. The number of aliphatic carboxylic acids is 1. The second kappa shape index (κ2) is 6.34. The lowest BCUT2D eigenvalue weighted by Crippen LogP contribution is -2.25. The van der Waals surface area contributed by atoms with Gasteiger partial charge >= 0.3 is 11.9 Å². The summed E-state index contributed by atoms with van der Waals surface area (Å²) in [6.07, 6.45) is 0.270. The first-order valence-corrected chi connectivity index (χ1v) is 6.64. The van der Waals surface area contributed by atoms with Crippen molar-refractivity contribution in [3.63, 3.8) is 0 Å². The van der Waals surface area contributed by atoms with Gasteiger partial charge in [-0.05, 0) is 18.6 Å². The second-order valence-electron chi connectivity index (χ2n) is 3.52. The number of furan rings is 1. The third kappa shape index (κ3) is 3.43. The van der Waals surface area contributed by atoms with Gasteiger partial charge in [0.1, 0.15) is 11.0 Å². The van der Waals surface area contributed by atoms with Crippen LogP contribution in [0.15, 0.2) is 16.5 Å². The van der Waals surface area contributed by atoms with Crippen molar-refractivity contribution in [2.45, 2.75) is 24.3 Å². The summed E-state index contributed by atoms with van der Waals surface area (Å²) in [6, 6.07) is 2.89. The average molecular weight is 274 g/mol. The van der Waals surface area contributed by atoms with Gasteiger partial charge in [0.25, 0.3) is 0 Å². The smallest absolute Gasteiger partial charge is 0.373 e. The summed E-state index contributed by atoms with van der Waals surface area (Å²) < 4.78 is 21.4. The minimum Gasteiger partial charge on any atom is -0.480 e. The number of carbonyl (C=O) groups is 2. The molecule has 6 nitrogen and oxygen atoms in total. The Morgan fingerprint density at radius 1 is 1.50 bits per heavy atom. The standard InChI is InChI=1S/C11H14O6S/c1-3-9(10(12)13)18(15)6-7-4-5-8(17-7)11(14)16-2/h4-5,9H,3,6H2,1-2H3,(H,12,13). The summed E-state index contributed by atoms with van der Waals surface area (Å²) in [6.45, 7) is 1.65. The minimum atomic E-state index is -1.59. The first-order valence-electron chi connectivity index (χ1n) is 5.26. The highest BCUT2D eigenvalue weighted by molar-refractivity contribution is 7.85. The molecule has 0 fully saturated rings. The number of hydrogen-bond acceptors (Lipinski definition) is 5. The number of rotatable bonds is 6. The van der Waals surface area contributed by atoms with Gasteiger partial charge in [0, 0.05) is 10.8 Å². The monoisotopic (exact) mass is 274 g/mol. The first kappa shape index (κ1) is 14.4. The molecule has 1 N–H and O–H groups in total. The van der Waals surface area contributed by atoms with E-state index in [2.05, 4.69) is 4.74 Å². The van der Waals surface area contributed by atoms with Crippen LogP contribution >= 0.6 is 0 Å². The van der Waals surface area contributed by atoms with Gasteiger partial charge in [-0.15, -0.1) is 0 Å². The summed E-state index contributed by atoms with van der Waals surface area (Å²) >= 11 is 0. The predicted octanol–water partition coefficient (Wildman–Crippen LogP) is 1.18. The maximum absolute atomic E-state index is 11.8. The van der Waals surface area contributed by atoms with E-state index >= 15 is 0 Å². The van der Waals surface area contributed by atoms with Gasteiger partial charge in [-0.25, -0.2) is 4.79 Å². The van der Waals surface area contributed by atoms with Crippen LogP contribution in [0.1, 0.15) is 29.7 Å². The molecule has 1 aromatic rings. The number of carboxylic acid groups (broad SMARTS) is 1. The van der Waals surface area contributed by atoms with E-state index in [1.165, 1.54) is 19.2 Å². The highest BCUT2D eigenvalue weighted by atomic mass is 32.2. The lowest BCUT2D eigenvalue weighted by molar-refractivity contribution is -0.136. The summed E-state index contributed by atoms with van der Waals surface area (Å²) in [5.74, 6) is -1.46. The Kier molecular flexibility index (Phi) is 5.08. The molecular formula is C11H14O6S. The lowest BCUT2D eigenvalue weighted by Gasteiger charge is -2.07. The average Bonchev–Trinajstić information content (AvgIpc) is 2.76. The highest BCUT2D eigenvalue weighted by Gasteiger charge is 2.24. The largest absolute Gasteiger partial charge is 0.480 e. The number of methoxy groups -OCH3 is 1. The van der Waals surface area contributed by atoms with E-state index in [-0.39, 0.29) is 17.9 Å². The van der Waals surface area contributed by atoms with Crippen LogP contribution < -0.4 is 0 Å². The van der Waals surface area contributed by atoms with E-state index in [1.807, 2.05) is 0 Å². The van der Waals surface area contributed by atoms with Crippen LogP contribution in [0.25, 0.3) is 0 Å². The van der Waals surface area contributed by atoms with Crippen molar-refractivity contribution in [3.8, 4) is 0 Å². The molecule has 18 heavy (non-hydrogen) atoms. The molecule has 100 valence electrons. The maximum atomic E-state index is 11.8. The van der Waals surface area contributed by atoms with Crippen LogP contribution in [0, 0.1) is 0 Å². The van der Waals surface area contributed by atoms with E-state index in [0.717, 1.165) is 0 Å². The molecule has 0 aromatic carbocycles. The molecule has 1 heterocycles. The van der Waals surface area contributed by atoms with Crippen LogP contribution in [-0.4, -0.2) is 33.6 Å². The number of hydrogen-bond donors (Lipinski definition) is 1. The third-order valence-corrected chi connectivity index (χ3v) is 4.03. The zero-order valence-corrected chi connectivity index (χ0v) is 10.9. The fourth-order valence-electron chi connectivity index (χ4n) is 1.38. The molecular weight excluding hydrogens is 260 g/mol. The molecule has 1 aromatic heterocycles. The zero-order chi connectivity index (χ0) is 13.7. The van der Waals surface area contributed by atoms with E-state index < -0.39 is 28.0 Å². The molecule has 1 rings (SSSR count). The van der Waals surface area contributed by atoms with Gasteiger partial charge in [0.2, 0.25) is 5.76 Å². The topological polar surface area (TPSA) is 93.8 Å². The molecule has 0 bridgehead atoms. The fourth-order valence-corrected chi connectivity index (χ4v) is 2.61. The van der Waals surface area contributed by atoms with Gasteiger partial charge in [0.05, 0.1) is 12.9 Å². The van der Waals surface area contributed by atoms with Crippen LogP contribution in [0.4, 0.5) is 0 Å². The Bertz CT molecular complexity index is 464. The SMILES string of the molecule is CCC(C(=O)O)S(=O)Cc1ccc(C(=O)OC)o1. The van der Waals surface area contributed by atoms with Crippen molar-refractivity contribution in [2.75, 3.05) is 7.11 Å². The minimum absolute atomic E-state index is 0.00729. The summed E-state index contributed by atoms with van der Waals surface area (Å²) in [4.78, 5) is 21.9. The number of carboxylic acids is 1. The van der Waals surface area contributed by atoms with Gasteiger partial charge in [0.15, 0.2) is 0 Å².